The number of alkyl carbamates (subject to hydrolysis) is 1. The Labute approximate surface area is 295 Å². The fourth-order valence-electron chi connectivity index (χ4n) is 7.55. The van der Waals surface area contributed by atoms with Crippen molar-refractivity contribution in [3.05, 3.63) is 48.6 Å². The molecular weight excluding hydrogens is 640 g/mol. The lowest BCUT2D eigenvalue weighted by atomic mass is 9.83. The van der Waals surface area contributed by atoms with Crippen LogP contribution in [0.5, 0.6) is 0 Å². The number of carbonyl (C=O) groups excluding carboxylic acids is 6. The molecular formula is C38H54N4O8. The quantitative estimate of drug-likeness (QED) is 0.158. The summed E-state index contributed by atoms with van der Waals surface area (Å²) in [6.45, 7) is 16.2. The molecule has 50 heavy (non-hydrogen) atoms. The number of likely N-dealkylation sites (tertiary alicyclic amines) is 1. The van der Waals surface area contributed by atoms with Crippen LogP contribution in [0.25, 0.3) is 0 Å². The number of ketones is 1. The van der Waals surface area contributed by atoms with E-state index in [4.69, 9.17) is 9.47 Å². The van der Waals surface area contributed by atoms with Crippen LogP contribution in [-0.2, 0) is 39.0 Å². The monoisotopic (exact) mass is 694 g/mol. The highest BCUT2D eigenvalue weighted by molar-refractivity contribution is 6.38. The highest BCUT2D eigenvalue weighted by atomic mass is 16.6. The standard InChI is InChI=1S/C38H54N4O8/c1-9-16-26(31(44)33(46)39-21-27(43)49-38(7,8)24-19-14-11-15-20-24)40-32(45)30-28-25(37(28,5)6)22-42(30)34(47)29(23-17-12-10-13-18-23)41-35(48)50-36(2,3)4/h9,11,14-15,19-20,23,25-26,28-30H,1,10,12-13,16-18,21-22H2,2-8H3,(H,39,46)(H,40,45)(H,41,48)/t25-,26?,28-,29-,30-/m0/s1. The number of amides is 4. The van der Waals surface area contributed by atoms with Gasteiger partial charge in [0.15, 0.2) is 0 Å². The Bertz CT molecular complexity index is 1460. The normalized spacial score (nSPS) is 22.6. The summed E-state index contributed by atoms with van der Waals surface area (Å²) in [7, 11) is 0. The number of hydrogen-bond donors (Lipinski definition) is 3. The molecule has 1 heterocycles. The Morgan fingerprint density at radius 3 is 2.20 bits per heavy atom. The van der Waals surface area contributed by atoms with Crippen LogP contribution < -0.4 is 16.0 Å². The summed E-state index contributed by atoms with van der Waals surface area (Å²) >= 11 is 0. The van der Waals surface area contributed by atoms with Crippen molar-refractivity contribution in [3.63, 3.8) is 0 Å². The number of esters is 1. The SMILES string of the molecule is C=CCC(NC(=O)[C@@H]1[C@@H]2[C@H](CN1C(=O)[C@@H](NC(=O)OC(C)(C)C)C1CCCCC1)C2(C)C)C(=O)C(=O)NCC(=O)OC(C)(C)c1ccccc1. The first-order valence-electron chi connectivity index (χ1n) is 17.7. The van der Waals surface area contributed by atoms with Gasteiger partial charge in [-0.3, -0.25) is 24.0 Å². The van der Waals surface area contributed by atoms with E-state index in [1.165, 1.54) is 11.0 Å². The van der Waals surface area contributed by atoms with Crippen LogP contribution in [0.2, 0.25) is 0 Å². The van der Waals surface area contributed by atoms with Gasteiger partial charge >= 0.3 is 12.1 Å². The molecule has 1 aromatic carbocycles. The molecule has 1 aliphatic heterocycles. The molecule has 1 aromatic rings. The maximum absolute atomic E-state index is 14.3. The summed E-state index contributed by atoms with van der Waals surface area (Å²) in [5, 5.41) is 7.86. The van der Waals surface area contributed by atoms with E-state index >= 15 is 0 Å². The van der Waals surface area contributed by atoms with Crippen molar-refractivity contribution in [2.45, 2.75) is 116 Å². The number of piperidine rings is 1. The summed E-state index contributed by atoms with van der Waals surface area (Å²) in [5.74, 6) is -3.90. The number of ether oxygens (including phenoxy) is 2. The molecule has 0 aromatic heterocycles. The zero-order chi connectivity index (χ0) is 37.0. The molecule has 3 N–H and O–H groups in total. The van der Waals surface area contributed by atoms with Crippen molar-refractivity contribution in [2.75, 3.05) is 13.1 Å². The van der Waals surface area contributed by atoms with Crippen LogP contribution in [0.3, 0.4) is 0 Å². The highest BCUT2D eigenvalue weighted by Gasteiger charge is 2.69. The fourth-order valence-corrected chi connectivity index (χ4v) is 7.55. The first-order valence-corrected chi connectivity index (χ1v) is 17.7. The Morgan fingerprint density at radius 2 is 1.60 bits per heavy atom. The number of benzene rings is 1. The molecule has 2 aliphatic carbocycles. The molecule has 4 amide bonds. The molecule has 4 rings (SSSR count). The van der Waals surface area contributed by atoms with Gasteiger partial charge in [-0.05, 0) is 82.6 Å². The van der Waals surface area contributed by atoms with Gasteiger partial charge in [0.25, 0.3) is 5.91 Å². The van der Waals surface area contributed by atoms with Gasteiger partial charge in [-0.25, -0.2) is 4.79 Å². The minimum absolute atomic E-state index is 0.0491. The molecule has 3 aliphatic rings. The van der Waals surface area contributed by atoms with Crippen LogP contribution in [-0.4, -0.2) is 77.3 Å². The fraction of sp³-hybridized carbons (Fsp3) is 0.632. The van der Waals surface area contributed by atoms with Crippen molar-refractivity contribution >= 4 is 35.6 Å². The number of hydrogen-bond acceptors (Lipinski definition) is 8. The Hall–Kier alpha value is -4.22. The van der Waals surface area contributed by atoms with Crippen LogP contribution in [0, 0.1) is 23.2 Å². The van der Waals surface area contributed by atoms with Crippen LogP contribution in [0.4, 0.5) is 4.79 Å². The second kappa shape index (κ2) is 15.3. The van der Waals surface area contributed by atoms with Crippen molar-refractivity contribution < 1.29 is 38.2 Å². The van der Waals surface area contributed by atoms with Crippen molar-refractivity contribution in [3.8, 4) is 0 Å². The molecule has 12 heteroatoms. The third-order valence-corrected chi connectivity index (χ3v) is 10.3. The van der Waals surface area contributed by atoms with E-state index in [1.54, 1.807) is 34.6 Å². The molecule has 0 radical (unpaired) electrons. The van der Waals surface area contributed by atoms with Gasteiger partial charge in [-0.2, -0.15) is 0 Å². The minimum Gasteiger partial charge on any atom is -0.453 e. The maximum atomic E-state index is 14.3. The second-order valence-corrected chi connectivity index (χ2v) is 15.9. The van der Waals surface area contributed by atoms with E-state index in [0.29, 0.717) is 6.54 Å². The molecule has 1 saturated heterocycles. The van der Waals surface area contributed by atoms with Gasteiger partial charge in [0.2, 0.25) is 17.6 Å². The van der Waals surface area contributed by atoms with Crippen molar-refractivity contribution in [1.82, 2.24) is 20.9 Å². The summed E-state index contributed by atoms with van der Waals surface area (Å²) < 4.78 is 11.1. The molecule has 12 nitrogen and oxygen atoms in total. The van der Waals surface area contributed by atoms with E-state index in [2.05, 4.69) is 22.5 Å². The van der Waals surface area contributed by atoms with Crippen molar-refractivity contribution in [2.24, 2.45) is 23.2 Å². The molecule has 0 bridgehead atoms. The second-order valence-electron chi connectivity index (χ2n) is 15.9. The van der Waals surface area contributed by atoms with Gasteiger partial charge in [0.1, 0.15) is 35.9 Å². The third-order valence-electron chi connectivity index (χ3n) is 10.3. The van der Waals surface area contributed by atoms with E-state index in [1.807, 2.05) is 44.2 Å². The molecule has 274 valence electrons. The zero-order valence-electron chi connectivity index (χ0n) is 30.5. The highest BCUT2D eigenvalue weighted by Crippen LogP contribution is 2.65. The zero-order valence-corrected chi connectivity index (χ0v) is 30.5. The third kappa shape index (κ3) is 9.11. The number of rotatable bonds is 13. The molecule has 1 unspecified atom stereocenters. The number of Topliss-reactive ketones (excluding diaryl/α,β-unsaturated/α-hetero) is 1. The Balaban J connectivity index is 1.45. The number of carbonyl (C=O) groups is 6. The molecule has 0 spiro atoms. The van der Waals surface area contributed by atoms with Crippen molar-refractivity contribution in [1.29, 1.82) is 0 Å². The number of nitrogens with zero attached hydrogens (tertiary/aromatic N) is 1. The number of nitrogens with one attached hydrogen (secondary N) is 3. The average Bonchev–Trinajstić information content (AvgIpc) is 3.36. The first kappa shape index (κ1) is 38.6. The predicted octanol–water partition coefficient (Wildman–Crippen LogP) is 4.17. The Morgan fingerprint density at radius 1 is 0.960 bits per heavy atom. The largest absolute Gasteiger partial charge is 0.453 e. The van der Waals surface area contributed by atoms with E-state index in [-0.39, 0.29) is 35.5 Å². The van der Waals surface area contributed by atoms with E-state index in [9.17, 15) is 28.8 Å². The topological polar surface area (TPSA) is 160 Å². The van der Waals surface area contributed by atoms with E-state index < -0.39 is 65.5 Å². The van der Waals surface area contributed by atoms with Gasteiger partial charge in [-0.1, -0.05) is 69.5 Å². The van der Waals surface area contributed by atoms with Gasteiger partial charge in [0, 0.05) is 6.54 Å². The maximum Gasteiger partial charge on any atom is 0.408 e. The first-order chi connectivity index (χ1) is 23.4. The lowest BCUT2D eigenvalue weighted by Gasteiger charge is -2.37. The molecule has 3 fully saturated rings. The van der Waals surface area contributed by atoms with Gasteiger partial charge in [0.05, 0.1) is 0 Å². The average molecular weight is 695 g/mol. The summed E-state index contributed by atoms with van der Waals surface area (Å²) in [5.41, 5.74) is -1.19. The van der Waals surface area contributed by atoms with E-state index in [0.717, 1.165) is 37.7 Å². The number of fused-ring (bicyclic) bond motifs is 1. The predicted molar refractivity (Wildman–Crippen MR) is 186 cm³/mol. The summed E-state index contributed by atoms with van der Waals surface area (Å²) in [6, 6.07) is 6.06. The lowest BCUT2D eigenvalue weighted by Crippen LogP contribution is -2.60. The summed E-state index contributed by atoms with van der Waals surface area (Å²) in [4.78, 5) is 81.7. The lowest BCUT2D eigenvalue weighted by molar-refractivity contribution is -0.157. The molecule has 5 atom stereocenters. The van der Waals surface area contributed by atoms with Crippen LogP contribution in [0.15, 0.2) is 43.0 Å². The van der Waals surface area contributed by atoms with Gasteiger partial charge in [-0.15, -0.1) is 6.58 Å². The Kier molecular flexibility index (Phi) is 11.8. The smallest absolute Gasteiger partial charge is 0.408 e. The van der Waals surface area contributed by atoms with Gasteiger partial charge < -0.3 is 30.3 Å². The summed E-state index contributed by atoms with van der Waals surface area (Å²) in [6.07, 6.45) is 5.11. The minimum atomic E-state index is -1.27. The van der Waals surface area contributed by atoms with Crippen LogP contribution >= 0.6 is 0 Å². The van der Waals surface area contributed by atoms with Crippen LogP contribution in [0.1, 0.15) is 92.6 Å². The molecule has 2 saturated carbocycles.